The Hall–Kier alpha value is -4.16. The molecule has 0 atom stereocenters. The molecule has 0 aliphatic carbocycles. The molecule has 170 valence electrons. The first kappa shape index (κ1) is 23.0. The topological polar surface area (TPSA) is 100 Å². The van der Waals surface area contributed by atoms with E-state index in [9.17, 15) is 14.4 Å². The number of nitrogens with one attached hydrogen (secondary N) is 2. The molecule has 0 aliphatic heterocycles. The number of nitriles is 1. The van der Waals surface area contributed by atoms with Crippen molar-refractivity contribution in [2.24, 2.45) is 0 Å². The summed E-state index contributed by atoms with van der Waals surface area (Å²) < 4.78 is 25.2. The molecule has 7 nitrogen and oxygen atoms in total. The van der Waals surface area contributed by atoms with Gasteiger partial charge in [-0.25, -0.2) is 9.37 Å². The molecular formula is C25H18BrFN4O3. The van der Waals surface area contributed by atoms with Gasteiger partial charge in [-0.3, -0.25) is 4.79 Å². The number of carbonyl (C=O) groups is 1. The summed E-state index contributed by atoms with van der Waals surface area (Å²) in [5, 5.41) is 12.4. The molecule has 1 heterocycles. The van der Waals surface area contributed by atoms with E-state index in [0.717, 1.165) is 0 Å². The van der Waals surface area contributed by atoms with E-state index in [2.05, 4.69) is 37.3 Å². The number of hydrogen-bond acceptors (Lipinski definition) is 5. The molecule has 0 spiro atoms. The lowest BCUT2D eigenvalue weighted by atomic mass is 10.1. The second-order valence-electron chi connectivity index (χ2n) is 7.14. The molecule has 0 bridgehead atoms. The lowest BCUT2D eigenvalue weighted by Crippen LogP contribution is -2.20. The van der Waals surface area contributed by atoms with Crippen molar-refractivity contribution >= 4 is 50.2 Å². The van der Waals surface area contributed by atoms with Crippen molar-refractivity contribution in [3.05, 3.63) is 82.3 Å². The Balaban J connectivity index is 1.56. The van der Waals surface area contributed by atoms with Gasteiger partial charge in [0.05, 0.1) is 23.7 Å². The number of methoxy groups -OCH3 is 1. The lowest BCUT2D eigenvalue weighted by molar-refractivity contribution is -0.118. The van der Waals surface area contributed by atoms with Gasteiger partial charge in [0.2, 0.25) is 0 Å². The third kappa shape index (κ3) is 5.24. The van der Waals surface area contributed by atoms with Crippen molar-refractivity contribution in [1.82, 2.24) is 9.97 Å². The van der Waals surface area contributed by atoms with E-state index in [0.29, 0.717) is 44.1 Å². The number of fused-ring (bicyclic) bond motifs is 1. The fraction of sp³-hybridized carbons (Fsp3) is 0.0800. The first-order valence-electron chi connectivity index (χ1n) is 10.1. The van der Waals surface area contributed by atoms with Crippen LogP contribution in [0, 0.1) is 17.1 Å². The number of nitrogens with zero attached hydrogens (tertiary/aromatic N) is 2. The molecule has 0 unspecified atom stereocenters. The zero-order valence-electron chi connectivity index (χ0n) is 17.9. The highest BCUT2D eigenvalue weighted by Gasteiger charge is 2.14. The third-order valence-corrected chi connectivity index (χ3v) is 5.51. The zero-order valence-corrected chi connectivity index (χ0v) is 19.5. The molecule has 4 rings (SSSR count). The molecule has 3 aromatic carbocycles. The second kappa shape index (κ2) is 10.2. The number of aromatic nitrogens is 2. The Morgan fingerprint density at radius 3 is 2.74 bits per heavy atom. The number of anilines is 1. The van der Waals surface area contributed by atoms with Crippen molar-refractivity contribution in [3.63, 3.8) is 0 Å². The highest BCUT2D eigenvalue weighted by molar-refractivity contribution is 9.10. The fourth-order valence-electron chi connectivity index (χ4n) is 3.21. The van der Waals surface area contributed by atoms with E-state index >= 15 is 0 Å². The van der Waals surface area contributed by atoms with Crippen LogP contribution in [0.25, 0.3) is 22.7 Å². The number of amides is 1. The first-order chi connectivity index (χ1) is 16.5. The number of aromatic amines is 1. The molecule has 1 aromatic heterocycles. The number of para-hydroxylation sites is 1. The van der Waals surface area contributed by atoms with Gasteiger partial charge in [-0.15, -0.1) is 0 Å². The Kier molecular flexibility index (Phi) is 6.90. The molecule has 0 aliphatic rings. The maximum absolute atomic E-state index is 13.5. The van der Waals surface area contributed by atoms with Gasteiger partial charge >= 0.3 is 0 Å². The van der Waals surface area contributed by atoms with E-state index in [1.54, 1.807) is 36.4 Å². The average Bonchev–Trinajstić information content (AvgIpc) is 3.25. The van der Waals surface area contributed by atoms with Crippen molar-refractivity contribution in [1.29, 1.82) is 5.26 Å². The van der Waals surface area contributed by atoms with Crippen molar-refractivity contribution in [2.75, 3.05) is 19.0 Å². The minimum atomic E-state index is -0.397. The molecule has 2 N–H and O–H groups in total. The Labute approximate surface area is 203 Å². The predicted octanol–water partition coefficient (Wildman–Crippen LogP) is 5.55. The maximum Gasteiger partial charge on any atom is 0.262 e. The van der Waals surface area contributed by atoms with Crippen LogP contribution < -0.4 is 14.8 Å². The number of allylic oxidation sites excluding steroid dienone is 1. The minimum absolute atomic E-state index is 0.216. The van der Waals surface area contributed by atoms with Crippen LogP contribution in [0.1, 0.15) is 11.4 Å². The van der Waals surface area contributed by atoms with E-state index in [-0.39, 0.29) is 18.1 Å². The van der Waals surface area contributed by atoms with E-state index in [1.165, 1.54) is 19.2 Å². The largest absolute Gasteiger partial charge is 0.493 e. The fourth-order valence-corrected chi connectivity index (χ4v) is 3.65. The van der Waals surface area contributed by atoms with Crippen molar-refractivity contribution in [2.45, 2.75) is 0 Å². The monoisotopic (exact) mass is 520 g/mol. The van der Waals surface area contributed by atoms with E-state index < -0.39 is 5.82 Å². The lowest BCUT2D eigenvalue weighted by Gasteiger charge is -2.13. The molecule has 0 fully saturated rings. The van der Waals surface area contributed by atoms with E-state index in [1.807, 2.05) is 18.2 Å². The Morgan fingerprint density at radius 2 is 2.00 bits per heavy atom. The summed E-state index contributed by atoms with van der Waals surface area (Å²) >= 11 is 3.48. The molecule has 9 heteroatoms. The minimum Gasteiger partial charge on any atom is -0.493 e. The molecule has 34 heavy (non-hydrogen) atoms. The number of ether oxygens (including phenoxy) is 2. The number of carbonyl (C=O) groups excluding carboxylic acids is 1. The van der Waals surface area contributed by atoms with Gasteiger partial charge in [0.1, 0.15) is 17.7 Å². The van der Waals surface area contributed by atoms with Gasteiger partial charge in [0.25, 0.3) is 5.91 Å². The summed E-state index contributed by atoms with van der Waals surface area (Å²) in [5.41, 5.74) is 2.58. The van der Waals surface area contributed by atoms with Crippen LogP contribution in [-0.4, -0.2) is 29.6 Å². The van der Waals surface area contributed by atoms with E-state index in [4.69, 9.17) is 9.47 Å². The van der Waals surface area contributed by atoms with Crippen molar-refractivity contribution in [3.8, 4) is 17.6 Å². The predicted molar refractivity (Wildman–Crippen MR) is 131 cm³/mol. The first-order valence-corrected chi connectivity index (χ1v) is 10.9. The van der Waals surface area contributed by atoms with Gasteiger partial charge in [0, 0.05) is 10.2 Å². The van der Waals surface area contributed by atoms with Gasteiger partial charge in [0.15, 0.2) is 18.1 Å². The third-order valence-electron chi connectivity index (χ3n) is 4.82. The SMILES string of the molecule is COc1cc(/C=C(/C#N)c2nc3ccc(F)cc3[nH]2)c(Br)cc1OCC(=O)Nc1ccccc1. The van der Waals surface area contributed by atoms with Gasteiger partial charge < -0.3 is 19.8 Å². The van der Waals surface area contributed by atoms with Crippen LogP contribution in [-0.2, 0) is 4.79 Å². The highest BCUT2D eigenvalue weighted by Crippen LogP contribution is 2.35. The number of rotatable bonds is 7. The number of imidazole rings is 1. The number of benzene rings is 3. The van der Waals surface area contributed by atoms with Gasteiger partial charge in [-0.1, -0.05) is 34.1 Å². The normalized spacial score (nSPS) is 11.2. The summed E-state index contributed by atoms with van der Waals surface area (Å²) in [6, 6.07) is 18.7. The summed E-state index contributed by atoms with van der Waals surface area (Å²) in [6.45, 7) is -0.216. The van der Waals surface area contributed by atoms with Gasteiger partial charge in [-0.2, -0.15) is 5.26 Å². The van der Waals surface area contributed by atoms with Crippen LogP contribution in [0.2, 0.25) is 0 Å². The number of H-pyrrole nitrogens is 1. The smallest absolute Gasteiger partial charge is 0.262 e. The molecule has 1 amide bonds. The average molecular weight is 521 g/mol. The second-order valence-corrected chi connectivity index (χ2v) is 8.00. The van der Waals surface area contributed by atoms with Crippen LogP contribution in [0.4, 0.5) is 10.1 Å². The van der Waals surface area contributed by atoms with Crippen LogP contribution >= 0.6 is 15.9 Å². The van der Waals surface area contributed by atoms with Crippen LogP contribution in [0.15, 0.2) is 65.1 Å². The zero-order chi connectivity index (χ0) is 24.1. The van der Waals surface area contributed by atoms with Crippen LogP contribution in [0.5, 0.6) is 11.5 Å². The number of halogens is 2. The Morgan fingerprint density at radius 1 is 1.21 bits per heavy atom. The summed E-state index contributed by atoms with van der Waals surface area (Å²) in [7, 11) is 1.48. The van der Waals surface area contributed by atoms with Gasteiger partial charge in [-0.05, 0) is 54.1 Å². The summed E-state index contributed by atoms with van der Waals surface area (Å²) in [5.74, 6) is 0.331. The van der Waals surface area contributed by atoms with Crippen LogP contribution in [0.3, 0.4) is 0 Å². The summed E-state index contributed by atoms with van der Waals surface area (Å²) in [6.07, 6.45) is 1.62. The highest BCUT2D eigenvalue weighted by atomic mass is 79.9. The van der Waals surface area contributed by atoms with Crippen molar-refractivity contribution < 1.29 is 18.7 Å². The summed E-state index contributed by atoms with van der Waals surface area (Å²) in [4.78, 5) is 19.5. The standard InChI is InChI=1S/C25H18BrFN4O3/c1-33-22-10-15(9-16(13-28)25-30-20-8-7-17(27)11-21(20)31-25)19(26)12-23(22)34-14-24(32)29-18-5-3-2-4-6-18/h2-12H,14H2,1H3,(H,29,32)(H,30,31)/b16-9-. The Bertz CT molecular complexity index is 1430. The quantitative estimate of drug-likeness (QED) is 0.311. The molecule has 4 aromatic rings. The molecule has 0 saturated carbocycles. The maximum atomic E-state index is 13.5. The molecule has 0 saturated heterocycles. The number of hydrogen-bond donors (Lipinski definition) is 2. The molecular weight excluding hydrogens is 503 g/mol. The molecule has 0 radical (unpaired) electrons.